The number of para-hydroxylation sites is 1. The van der Waals surface area contributed by atoms with Crippen molar-refractivity contribution in [3.05, 3.63) is 64.5 Å². The van der Waals surface area contributed by atoms with Crippen molar-refractivity contribution < 1.29 is 9.47 Å². The summed E-state index contributed by atoms with van der Waals surface area (Å²) in [6, 6.07) is 16.3. The van der Waals surface area contributed by atoms with Crippen LogP contribution in [0.25, 0.3) is 11.3 Å². The van der Waals surface area contributed by atoms with Crippen molar-refractivity contribution in [3.63, 3.8) is 0 Å². The first-order valence-electron chi connectivity index (χ1n) is 7.98. The monoisotopic (exact) mass is 338 g/mol. The molecule has 122 valence electrons. The molecule has 2 heterocycles. The Hall–Kier alpha value is -2.37. The van der Waals surface area contributed by atoms with E-state index in [2.05, 4.69) is 28.9 Å². The Labute approximate surface area is 145 Å². The lowest BCUT2D eigenvalue weighted by molar-refractivity contribution is 0.169. The molecule has 0 aliphatic carbocycles. The van der Waals surface area contributed by atoms with Crippen LogP contribution in [0, 0.1) is 0 Å². The zero-order valence-corrected chi connectivity index (χ0v) is 14.0. The van der Waals surface area contributed by atoms with Gasteiger partial charge in [-0.1, -0.05) is 42.5 Å². The first kappa shape index (κ1) is 15.2. The van der Waals surface area contributed by atoms with Crippen LogP contribution in [0.5, 0.6) is 11.5 Å². The van der Waals surface area contributed by atoms with E-state index in [-0.39, 0.29) is 0 Å². The summed E-state index contributed by atoms with van der Waals surface area (Å²) in [5.74, 6) is 1.70. The summed E-state index contributed by atoms with van der Waals surface area (Å²) >= 11 is 1.68. The number of benzene rings is 2. The molecule has 24 heavy (non-hydrogen) atoms. The van der Waals surface area contributed by atoms with Gasteiger partial charge in [0.2, 0.25) is 0 Å². The third-order valence-corrected chi connectivity index (χ3v) is 4.71. The Kier molecular flexibility index (Phi) is 4.44. The molecule has 0 spiro atoms. The Morgan fingerprint density at radius 1 is 0.958 bits per heavy atom. The first-order valence-corrected chi connectivity index (χ1v) is 8.86. The minimum Gasteiger partial charge on any atom is -0.486 e. The highest BCUT2D eigenvalue weighted by molar-refractivity contribution is 7.09. The van der Waals surface area contributed by atoms with Crippen LogP contribution in [0.3, 0.4) is 0 Å². The highest BCUT2D eigenvalue weighted by Crippen LogP contribution is 2.33. The summed E-state index contributed by atoms with van der Waals surface area (Å²) in [6.07, 6.45) is 0. The van der Waals surface area contributed by atoms with Gasteiger partial charge in [-0.05, 0) is 6.07 Å². The lowest BCUT2D eigenvalue weighted by Gasteiger charge is -2.21. The molecular formula is C19H18N2O2S. The third kappa shape index (κ3) is 3.27. The van der Waals surface area contributed by atoms with Gasteiger partial charge in [0, 0.05) is 29.6 Å². The molecule has 0 unspecified atom stereocenters. The van der Waals surface area contributed by atoms with Gasteiger partial charge in [0.05, 0.1) is 5.69 Å². The van der Waals surface area contributed by atoms with Gasteiger partial charge in [-0.3, -0.25) is 0 Å². The predicted octanol–water partition coefficient (Wildman–Crippen LogP) is 3.87. The van der Waals surface area contributed by atoms with Crippen LogP contribution >= 0.6 is 11.3 Å². The van der Waals surface area contributed by atoms with E-state index in [0.29, 0.717) is 13.2 Å². The average molecular weight is 338 g/mol. The quantitative estimate of drug-likeness (QED) is 0.767. The Bertz CT molecular complexity index is 817. The maximum Gasteiger partial charge on any atom is 0.165 e. The maximum absolute atomic E-state index is 5.74. The molecule has 1 N–H and O–H groups in total. The molecule has 4 rings (SSSR count). The maximum atomic E-state index is 5.74. The topological polar surface area (TPSA) is 43.4 Å². The van der Waals surface area contributed by atoms with Crippen molar-refractivity contribution in [3.8, 4) is 22.8 Å². The molecule has 0 atom stereocenters. The molecule has 0 saturated carbocycles. The second-order valence-electron chi connectivity index (χ2n) is 5.54. The smallest absolute Gasteiger partial charge is 0.165 e. The van der Waals surface area contributed by atoms with Crippen molar-refractivity contribution in [2.75, 3.05) is 13.2 Å². The zero-order valence-electron chi connectivity index (χ0n) is 13.2. The SMILES string of the molecule is c1ccc(-c2csc(CNCc3cccc4c3OCCO4)n2)cc1. The van der Waals surface area contributed by atoms with E-state index in [1.165, 1.54) is 0 Å². The van der Waals surface area contributed by atoms with Gasteiger partial charge in [-0.25, -0.2) is 4.98 Å². The lowest BCUT2D eigenvalue weighted by atomic mass is 10.1. The summed E-state index contributed by atoms with van der Waals surface area (Å²) < 4.78 is 11.4. The third-order valence-electron chi connectivity index (χ3n) is 3.86. The molecule has 0 fully saturated rings. The molecule has 0 radical (unpaired) electrons. The molecular weight excluding hydrogens is 320 g/mol. The average Bonchev–Trinajstić information content (AvgIpc) is 3.12. The van der Waals surface area contributed by atoms with Crippen molar-refractivity contribution in [2.45, 2.75) is 13.1 Å². The van der Waals surface area contributed by atoms with Gasteiger partial charge >= 0.3 is 0 Å². The molecule has 4 nitrogen and oxygen atoms in total. The van der Waals surface area contributed by atoms with Gasteiger partial charge in [-0.2, -0.15) is 0 Å². The van der Waals surface area contributed by atoms with E-state index in [1.807, 2.05) is 30.3 Å². The van der Waals surface area contributed by atoms with E-state index in [0.717, 1.165) is 46.4 Å². The molecule has 0 saturated heterocycles. The lowest BCUT2D eigenvalue weighted by Crippen LogP contribution is -2.19. The largest absolute Gasteiger partial charge is 0.486 e. The molecule has 5 heteroatoms. The molecule has 1 aromatic heterocycles. The predicted molar refractivity (Wildman–Crippen MR) is 95.5 cm³/mol. The Balaban J connectivity index is 1.39. The molecule has 1 aliphatic heterocycles. The van der Waals surface area contributed by atoms with E-state index in [1.54, 1.807) is 11.3 Å². The van der Waals surface area contributed by atoms with Crippen LogP contribution in [-0.4, -0.2) is 18.2 Å². The Morgan fingerprint density at radius 2 is 1.83 bits per heavy atom. The van der Waals surface area contributed by atoms with E-state index < -0.39 is 0 Å². The number of ether oxygens (including phenoxy) is 2. The summed E-state index contributed by atoms with van der Waals surface area (Å²) in [7, 11) is 0. The van der Waals surface area contributed by atoms with Crippen molar-refractivity contribution in [1.29, 1.82) is 0 Å². The number of nitrogens with one attached hydrogen (secondary N) is 1. The van der Waals surface area contributed by atoms with Crippen LogP contribution in [0.2, 0.25) is 0 Å². The van der Waals surface area contributed by atoms with Crippen molar-refractivity contribution in [2.24, 2.45) is 0 Å². The van der Waals surface area contributed by atoms with Crippen LogP contribution in [-0.2, 0) is 13.1 Å². The minimum absolute atomic E-state index is 0.608. The zero-order chi connectivity index (χ0) is 16.2. The van der Waals surface area contributed by atoms with Gasteiger partial charge < -0.3 is 14.8 Å². The van der Waals surface area contributed by atoms with Gasteiger partial charge in [0.25, 0.3) is 0 Å². The molecule has 0 amide bonds. The second kappa shape index (κ2) is 7.03. The molecule has 0 bridgehead atoms. The van der Waals surface area contributed by atoms with Crippen LogP contribution in [0.1, 0.15) is 10.6 Å². The number of nitrogens with zero attached hydrogens (tertiary/aromatic N) is 1. The standard InChI is InChI=1S/C19H18N2O2S/c1-2-5-14(6-3-1)16-13-24-18(21-16)12-20-11-15-7-4-8-17-19(15)23-10-9-22-17/h1-8,13,20H,9-12H2. The number of hydrogen-bond donors (Lipinski definition) is 1. The summed E-state index contributed by atoms with van der Waals surface area (Å²) in [5.41, 5.74) is 3.31. The van der Waals surface area contributed by atoms with E-state index >= 15 is 0 Å². The fourth-order valence-corrected chi connectivity index (χ4v) is 3.48. The number of rotatable bonds is 5. The molecule has 2 aromatic carbocycles. The van der Waals surface area contributed by atoms with Gasteiger partial charge in [0.15, 0.2) is 11.5 Å². The number of fused-ring (bicyclic) bond motifs is 1. The Morgan fingerprint density at radius 3 is 2.75 bits per heavy atom. The number of aromatic nitrogens is 1. The van der Waals surface area contributed by atoms with Crippen molar-refractivity contribution >= 4 is 11.3 Å². The molecule has 1 aliphatic rings. The highest BCUT2D eigenvalue weighted by Gasteiger charge is 2.15. The van der Waals surface area contributed by atoms with Gasteiger partial charge in [-0.15, -0.1) is 11.3 Å². The van der Waals surface area contributed by atoms with Gasteiger partial charge in [0.1, 0.15) is 18.2 Å². The normalized spacial score (nSPS) is 13.0. The first-order chi connectivity index (χ1) is 11.9. The summed E-state index contributed by atoms with van der Waals surface area (Å²) in [4.78, 5) is 4.70. The van der Waals surface area contributed by atoms with Crippen LogP contribution < -0.4 is 14.8 Å². The van der Waals surface area contributed by atoms with Crippen LogP contribution in [0.4, 0.5) is 0 Å². The van der Waals surface area contributed by atoms with E-state index in [9.17, 15) is 0 Å². The highest BCUT2D eigenvalue weighted by atomic mass is 32.1. The number of thiazole rings is 1. The number of hydrogen-bond acceptors (Lipinski definition) is 5. The second-order valence-corrected chi connectivity index (χ2v) is 6.48. The van der Waals surface area contributed by atoms with Crippen LogP contribution in [0.15, 0.2) is 53.9 Å². The van der Waals surface area contributed by atoms with E-state index in [4.69, 9.17) is 14.5 Å². The fraction of sp³-hybridized carbons (Fsp3) is 0.211. The summed E-state index contributed by atoms with van der Waals surface area (Å²) in [5, 5.41) is 6.63. The minimum atomic E-state index is 0.608. The van der Waals surface area contributed by atoms with Crippen molar-refractivity contribution in [1.82, 2.24) is 10.3 Å². The molecule has 3 aromatic rings. The fourth-order valence-electron chi connectivity index (χ4n) is 2.71. The summed E-state index contributed by atoms with van der Waals surface area (Å²) in [6.45, 7) is 2.69.